The van der Waals surface area contributed by atoms with Crippen molar-refractivity contribution in [3.05, 3.63) is 120 Å². The van der Waals surface area contributed by atoms with Gasteiger partial charge in [-0.25, -0.2) is 24.0 Å². The number of hydrogen-bond donors (Lipinski definition) is 1. The zero-order valence-electron chi connectivity index (χ0n) is 34.4. The molecular formula is C44H58O25. The number of aromatic carboxylic acids is 1. The highest BCUT2D eigenvalue weighted by Gasteiger charge is 2.11. The molecule has 0 saturated carbocycles. The first-order chi connectivity index (χ1) is 30.6. The molecule has 0 spiro atoms. The van der Waals surface area contributed by atoms with E-state index < -0.39 is 29.8 Å². The molecule has 1 N–H and O–H groups in total. The minimum Gasteiger partial charge on any atom is -0.475 e. The van der Waals surface area contributed by atoms with E-state index in [2.05, 4.69) is 18.6 Å². The number of rotatable bonds is 8. The molecule has 25 heteroatoms. The van der Waals surface area contributed by atoms with Crippen LogP contribution >= 0.6 is 0 Å². The summed E-state index contributed by atoms with van der Waals surface area (Å²) in [6.45, 7) is 8.00. The summed E-state index contributed by atoms with van der Waals surface area (Å²) in [7, 11) is 2.63. The number of esters is 4. The van der Waals surface area contributed by atoms with Crippen molar-refractivity contribution < 1.29 is 118 Å². The van der Waals surface area contributed by atoms with Crippen LogP contribution in [0.25, 0.3) is 0 Å². The van der Waals surface area contributed by atoms with Crippen molar-refractivity contribution in [2.24, 2.45) is 0 Å². The highest BCUT2D eigenvalue weighted by atomic mass is 16.6. The van der Waals surface area contributed by atoms with E-state index in [1.807, 2.05) is 6.92 Å². The van der Waals surface area contributed by atoms with Gasteiger partial charge in [-0.05, 0) is 81.4 Å². The third-order valence-corrected chi connectivity index (χ3v) is 5.25. The smallest absolute Gasteiger partial charge is 0.374 e. The first kappa shape index (κ1) is 83.2. The monoisotopic (exact) mass is 986 g/mol. The SMILES string of the molecule is C.C.C.C.C.CCOC(=O)c1ccc(CC)o1.CCOC(=O)c1ccco1.COC(=O)c1ccc(C)o1.COC(=O)c1ccco1.O=C(O)c1ccco1.O=C=O.O=C=O.O=C=O.O=C=O.O=C=O. The minimum absolute atomic E-state index is 0. The Labute approximate surface area is 396 Å². The quantitative estimate of drug-likeness (QED) is 0.119. The Balaban J connectivity index is -0.0000000724. The number of carbonyl (C=O) groups is 5. The molecule has 0 radical (unpaired) electrons. The lowest BCUT2D eigenvalue weighted by molar-refractivity contribution is -0.193. The number of carboxylic acids is 1. The van der Waals surface area contributed by atoms with Crippen molar-refractivity contribution in [3.63, 3.8) is 0 Å². The number of hydrogen-bond acceptors (Lipinski definition) is 24. The van der Waals surface area contributed by atoms with E-state index in [4.69, 9.17) is 75.5 Å². The summed E-state index contributed by atoms with van der Waals surface area (Å²) in [6, 6.07) is 16.0. The van der Waals surface area contributed by atoms with Crippen LogP contribution in [-0.4, -0.2) is 93.1 Å². The van der Waals surface area contributed by atoms with Crippen LogP contribution in [-0.2, 0) is 73.3 Å². The standard InChI is InChI=1S/C9H12O3.2C7H8O3.C6H6O3.C5H4O3.5CO2.5CH4/c1-3-7-5-6-8(12-7)9(10)11-4-2;1-5-3-4-6(10-5)7(8)9-2;1-2-9-7(8)6-4-3-5-10-6;1-8-6(7)5-3-2-4-9-5;6-5(7)4-2-1-3-8-4;5*2-1-3;;;;;/h5-6H,3-4H2,1-2H3;3-4H,1-2H3;3-5H,2H2,1H3;2-4H,1H3;1-3H,(H,6,7);;;;;;5*1H4. The van der Waals surface area contributed by atoms with Crippen LogP contribution in [0.2, 0.25) is 0 Å². The molecule has 69 heavy (non-hydrogen) atoms. The zero-order chi connectivity index (χ0) is 50.1. The third kappa shape index (κ3) is 49.5. The highest BCUT2D eigenvalue weighted by Crippen LogP contribution is 2.09. The molecule has 5 aromatic heterocycles. The summed E-state index contributed by atoms with van der Waals surface area (Å²) in [5.41, 5.74) is 0. The van der Waals surface area contributed by atoms with Gasteiger partial charge in [-0.3, -0.25) is 0 Å². The fraction of sp³-hybridized carbons (Fsp3) is 0.318. The van der Waals surface area contributed by atoms with Gasteiger partial charge in [0.2, 0.25) is 28.8 Å². The third-order valence-electron chi connectivity index (χ3n) is 5.25. The van der Waals surface area contributed by atoms with Gasteiger partial charge in [-0.1, -0.05) is 44.1 Å². The molecular weight excluding hydrogens is 928 g/mol. The van der Waals surface area contributed by atoms with Gasteiger partial charge in [0.15, 0.2) is 0 Å². The predicted octanol–water partition coefficient (Wildman–Crippen LogP) is 7.16. The van der Waals surface area contributed by atoms with E-state index in [-0.39, 0.29) is 96.7 Å². The second kappa shape index (κ2) is 60.7. The lowest BCUT2D eigenvalue weighted by atomic mass is 10.3. The molecule has 384 valence electrons. The van der Waals surface area contributed by atoms with Gasteiger partial charge >= 0.3 is 60.6 Å². The molecule has 0 bridgehead atoms. The van der Waals surface area contributed by atoms with E-state index in [9.17, 15) is 24.0 Å². The van der Waals surface area contributed by atoms with Crippen molar-refractivity contribution in [1.82, 2.24) is 0 Å². The highest BCUT2D eigenvalue weighted by molar-refractivity contribution is 5.87. The molecule has 0 saturated heterocycles. The Kier molecular flexibility index (Phi) is 73.3. The van der Waals surface area contributed by atoms with Gasteiger partial charge in [-0.2, -0.15) is 47.9 Å². The largest absolute Gasteiger partial charge is 0.475 e. The van der Waals surface area contributed by atoms with Crippen molar-refractivity contribution in [2.45, 2.75) is 71.2 Å². The molecule has 0 atom stereocenters. The van der Waals surface area contributed by atoms with Crippen LogP contribution in [0.5, 0.6) is 0 Å². The predicted molar refractivity (Wildman–Crippen MR) is 228 cm³/mol. The molecule has 5 heterocycles. The number of carbonyl (C=O) groups excluding carboxylic acids is 14. The Morgan fingerprint density at radius 1 is 0.464 bits per heavy atom. The maximum Gasteiger partial charge on any atom is 0.374 e. The maximum absolute atomic E-state index is 11.1. The summed E-state index contributed by atoms with van der Waals surface area (Å²) in [5, 5.41) is 8.18. The molecule has 25 nitrogen and oxygen atoms in total. The Morgan fingerprint density at radius 3 is 1.01 bits per heavy atom. The molecule has 0 amide bonds. The maximum atomic E-state index is 11.1. The first-order valence-corrected chi connectivity index (χ1v) is 16.5. The molecule has 0 aromatic carbocycles. The summed E-state index contributed by atoms with van der Waals surface area (Å²) < 4.78 is 42.3. The Morgan fingerprint density at radius 2 is 0.768 bits per heavy atom. The normalized spacial score (nSPS) is 7.22. The average Bonchev–Trinajstić information content (AvgIpc) is 4.13. The van der Waals surface area contributed by atoms with Gasteiger partial charge in [-0.15, -0.1) is 0 Å². The summed E-state index contributed by atoms with van der Waals surface area (Å²) >= 11 is 0. The molecule has 5 aromatic rings. The Hall–Kier alpha value is -9.35. The van der Waals surface area contributed by atoms with Gasteiger partial charge in [0.1, 0.15) is 11.5 Å². The lowest BCUT2D eigenvalue weighted by Gasteiger charge is -1.96. The summed E-state index contributed by atoms with van der Waals surface area (Å²) in [5.74, 6) is -0.204. The molecule has 0 aliphatic heterocycles. The van der Waals surface area contributed by atoms with E-state index in [0.717, 1.165) is 12.2 Å². The number of furan rings is 5. The van der Waals surface area contributed by atoms with Crippen molar-refractivity contribution in [1.29, 1.82) is 0 Å². The van der Waals surface area contributed by atoms with Gasteiger partial charge in [0.05, 0.1) is 46.2 Å². The lowest BCUT2D eigenvalue weighted by Crippen LogP contribution is -2.02. The second-order valence-electron chi connectivity index (χ2n) is 9.11. The van der Waals surface area contributed by atoms with Crippen molar-refractivity contribution >= 4 is 60.6 Å². The van der Waals surface area contributed by atoms with Crippen LogP contribution in [0.4, 0.5) is 0 Å². The van der Waals surface area contributed by atoms with E-state index in [0.29, 0.717) is 19.0 Å². The second-order valence-corrected chi connectivity index (χ2v) is 9.11. The number of aryl methyl sites for hydroxylation is 2. The molecule has 5 rings (SSSR count). The van der Waals surface area contributed by atoms with Crippen LogP contribution in [0.15, 0.2) is 102 Å². The fourth-order valence-corrected chi connectivity index (χ4v) is 3.02. The first-order valence-electron chi connectivity index (χ1n) is 16.5. The molecule has 0 aliphatic carbocycles. The summed E-state index contributed by atoms with van der Waals surface area (Å²) in [4.78, 5) is 134. The van der Waals surface area contributed by atoms with Crippen LogP contribution in [0, 0.1) is 6.92 Å². The molecule has 0 fully saturated rings. The van der Waals surface area contributed by atoms with E-state index in [1.54, 1.807) is 69.3 Å². The Bertz CT molecular complexity index is 2050. The zero-order valence-corrected chi connectivity index (χ0v) is 34.4. The van der Waals surface area contributed by atoms with Crippen LogP contribution in [0.3, 0.4) is 0 Å². The number of methoxy groups -OCH3 is 2. The number of carboxylic acid groups (broad SMARTS) is 1. The average molecular weight is 987 g/mol. The summed E-state index contributed by atoms with van der Waals surface area (Å²) in [6.07, 6.45) is 6.22. The van der Waals surface area contributed by atoms with Crippen molar-refractivity contribution in [2.75, 3.05) is 27.4 Å². The van der Waals surface area contributed by atoms with Crippen molar-refractivity contribution in [3.8, 4) is 0 Å². The molecule has 0 aliphatic rings. The van der Waals surface area contributed by atoms with E-state index >= 15 is 0 Å². The molecule has 0 unspecified atom stereocenters. The fourth-order valence-electron chi connectivity index (χ4n) is 3.02. The van der Waals surface area contributed by atoms with Gasteiger partial charge < -0.3 is 46.1 Å². The van der Waals surface area contributed by atoms with Gasteiger partial charge in [0, 0.05) is 6.42 Å². The van der Waals surface area contributed by atoms with Crippen LogP contribution < -0.4 is 0 Å². The number of ether oxygens (including phenoxy) is 4. The minimum atomic E-state index is -1.03. The topological polar surface area (TPSA) is 379 Å². The van der Waals surface area contributed by atoms with Gasteiger partial charge in [0.25, 0.3) is 0 Å². The van der Waals surface area contributed by atoms with Crippen LogP contribution in [0.1, 0.15) is 122 Å². The van der Waals surface area contributed by atoms with E-state index in [1.165, 1.54) is 45.1 Å².